The van der Waals surface area contributed by atoms with Gasteiger partial charge in [0.05, 0.1) is 5.02 Å². The summed E-state index contributed by atoms with van der Waals surface area (Å²) in [6, 6.07) is 18.8. The molecule has 1 fully saturated rings. The molecule has 2 unspecified atom stereocenters. The molecule has 152 valence electrons. The van der Waals surface area contributed by atoms with Crippen LogP contribution in [0.1, 0.15) is 31.4 Å². The average Bonchev–Trinajstić information content (AvgIpc) is 3.21. The first-order valence-corrected chi connectivity index (χ1v) is 11.1. The topological polar surface area (TPSA) is 40.7 Å². The van der Waals surface area contributed by atoms with Gasteiger partial charge in [-0.25, -0.2) is 0 Å². The lowest BCUT2D eigenvalue weighted by molar-refractivity contribution is 0.332. The minimum atomic E-state index is 0.400. The van der Waals surface area contributed by atoms with Crippen LogP contribution in [0.3, 0.4) is 0 Å². The van der Waals surface area contributed by atoms with Crippen LogP contribution < -0.4 is 5.32 Å². The number of pyridine rings is 1. The molecule has 4 aromatic rings. The highest BCUT2D eigenvalue weighted by molar-refractivity contribution is 6.36. The minimum absolute atomic E-state index is 0.400. The van der Waals surface area contributed by atoms with Crippen molar-refractivity contribution in [1.82, 2.24) is 15.3 Å². The summed E-state index contributed by atoms with van der Waals surface area (Å²) in [7, 11) is 0. The second-order valence-electron chi connectivity index (χ2n) is 8.30. The lowest BCUT2D eigenvalue weighted by Gasteiger charge is -2.28. The zero-order valence-corrected chi connectivity index (χ0v) is 17.9. The molecule has 1 saturated heterocycles. The van der Waals surface area contributed by atoms with Crippen LogP contribution in [-0.4, -0.2) is 23.1 Å². The molecule has 0 radical (unpaired) electrons. The Bertz CT molecular complexity index is 1160. The Labute approximate surface area is 182 Å². The zero-order valence-electron chi connectivity index (χ0n) is 17.2. The van der Waals surface area contributed by atoms with E-state index >= 15 is 0 Å². The third kappa shape index (κ3) is 3.53. The molecule has 3 heterocycles. The molecule has 0 aliphatic carbocycles. The van der Waals surface area contributed by atoms with E-state index in [1.165, 1.54) is 29.7 Å². The van der Waals surface area contributed by atoms with Crippen LogP contribution >= 0.6 is 11.6 Å². The number of piperidine rings is 1. The van der Waals surface area contributed by atoms with Gasteiger partial charge in [-0.2, -0.15) is 0 Å². The van der Waals surface area contributed by atoms with Crippen LogP contribution in [0.2, 0.25) is 5.02 Å². The van der Waals surface area contributed by atoms with E-state index in [-0.39, 0.29) is 0 Å². The van der Waals surface area contributed by atoms with Gasteiger partial charge in [0.15, 0.2) is 0 Å². The number of benzene rings is 2. The normalized spacial score (nSPS) is 17.9. The second-order valence-corrected chi connectivity index (χ2v) is 8.71. The van der Waals surface area contributed by atoms with E-state index in [4.69, 9.17) is 11.6 Å². The zero-order chi connectivity index (χ0) is 20.5. The largest absolute Gasteiger partial charge is 0.358 e. The van der Waals surface area contributed by atoms with Crippen LogP contribution in [0, 0.1) is 5.92 Å². The fourth-order valence-electron chi connectivity index (χ4n) is 4.77. The summed E-state index contributed by atoms with van der Waals surface area (Å²) in [5.41, 5.74) is 6.95. The smallest absolute Gasteiger partial charge is 0.0506 e. The second kappa shape index (κ2) is 8.25. The van der Waals surface area contributed by atoms with Gasteiger partial charge in [-0.15, -0.1) is 0 Å². The molecule has 0 bridgehead atoms. The van der Waals surface area contributed by atoms with Gasteiger partial charge in [0.2, 0.25) is 0 Å². The standard InChI is InChI=1S/C26H26ClN3/c1-17(19-9-6-12-28-14-19)26-24(25-22(27)10-5-11-23(25)30-26)21-13-20(15-29-16-21)18-7-3-2-4-8-18/h2-5,7-8,10-11,13,15-17,19,28,30H,6,9,12,14H2,1H3. The lowest BCUT2D eigenvalue weighted by Crippen LogP contribution is -2.32. The highest BCUT2D eigenvalue weighted by Crippen LogP contribution is 2.43. The lowest BCUT2D eigenvalue weighted by atomic mass is 9.83. The number of nitrogens with zero attached hydrogens (tertiary/aromatic N) is 1. The first kappa shape index (κ1) is 19.3. The molecule has 4 heteroatoms. The molecule has 2 aromatic heterocycles. The Kier molecular flexibility index (Phi) is 5.32. The summed E-state index contributed by atoms with van der Waals surface area (Å²) in [5, 5.41) is 5.44. The van der Waals surface area contributed by atoms with Gasteiger partial charge in [-0.1, -0.05) is 54.9 Å². The van der Waals surface area contributed by atoms with Gasteiger partial charge in [0.25, 0.3) is 0 Å². The number of aromatic nitrogens is 2. The summed E-state index contributed by atoms with van der Waals surface area (Å²) >= 11 is 6.72. The van der Waals surface area contributed by atoms with Crippen LogP contribution in [-0.2, 0) is 0 Å². The summed E-state index contributed by atoms with van der Waals surface area (Å²) in [4.78, 5) is 8.32. The fraction of sp³-hybridized carbons (Fsp3) is 0.269. The molecular weight excluding hydrogens is 390 g/mol. The van der Waals surface area contributed by atoms with Crippen molar-refractivity contribution in [3.63, 3.8) is 0 Å². The van der Waals surface area contributed by atoms with Gasteiger partial charge in [-0.3, -0.25) is 4.98 Å². The van der Waals surface area contributed by atoms with Crippen LogP contribution in [0.15, 0.2) is 67.0 Å². The predicted octanol–water partition coefficient (Wildman–Crippen LogP) is 6.65. The van der Waals surface area contributed by atoms with Gasteiger partial charge >= 0.3 is 0 Å². The van der Waals surface area contributed by atoms with Crippen molar-refractivity contribution >= 4 is 22.5 Å². The molecule has 2 N–H and O–H groups in total. The number of fused-ring (bicyclic) bond motifs is 1. The summed E-state index contributed by atoms with van der Waals surface area (Å²) in [6.45, 7) is 4.53. The summed E-state index contributed by atoms with van der Waals surface area (Å²) in [6.07, 6.45) is 6.38. The van der Waals surface area contributed by atoms with Gasteiger partial charge in [0, 0.05) is 51.6 Å². The van der Waals surface area contributed by atoms with Crippen molar-refractivity contribution in [3.05, 3.63) is 77.7 Å². The molecule has 1 aliphatic rings. The number of hydrogen-bond donors (Lipinski definition) is 2. The van der Waals surface area contributed by atoms with Crippen LogP contribution in [0.4, 0.5) is 0 Å². The molecule has 2 atom stereocenters. The van der Waals surface area contributed by atoms with E-state index in [0.29, 0.717) is 11.8 Å². The van der Waals surface area contributed by atoms with Crippen molar-refractivity contribution in [3.8, 4) is 22.3 Å². The number of halogens is 1. The molecule has 5 rings (SSSR count). The maximum Gasteiger partial charge on any atom is 0.0506 e. The molecule has 2 aromatic carbocycles. The third-order valence-electron chi connectivity index (χ3n) is 6.43. The van der Waals surface area contributed by atoms with Gasteiger partial charge in [0.1, 0.15) is 0 Å². The van der Waals surface area contributed by atoms with Gasteiger partial charge < -0.3 is 10.3 Å². The SMILES string of the molecule is CC(c1[nH]c2cccc(Cl)c2c1-c1cncc(-c2ccccc2)c1)C1CCCNC1. The summed E-state index contributed by atoms with van der Waals surface area (Å²) in [5.74, 6) is 1.01. The van der Waals surface area contributed by atoms with Crippen molar-refractivity contribution in [2.24, 2.45) is 5.92 Å². The first-order chi connectivity index (χ1) is 14.7. The van der Waals surface area contributed by atoms with E-state index in [2.05, 4.69) is 58.6 Å². The maximum atomic E-state index is 6.72. The first-order valence-electron chi connectivity index (χ1n) is 10.7. The quantitative estimate of drug-likeness (QED) is 0.391. The van der Waals surface area contributed by atoms with Crippen LogP contribution in [0.5, 0.6) is 0 Å². The number of hydrogen-bond acceptors (Lipinski definition) is 2. The summed E-state index contributed by atoms with van der Waals surface area (Å²) < 4.78 is 0. The highest BCUT2D eigenvalue weighted by Gasteiger charge is 2.27. The third-order valence-corrected chi connectivity index (χ3v) is 6.75. The van der Waals surface area contributed by atoms with E-state index < -0.39 is 0 Å². The van der Waals surface area contributed by atoms with E-state index in [1.807, 2.05) is 30.6 Å². The molecule has 0 amide bonds. The maximum absolute atomic E-state index is 6.72. The van der Waals surface area contributed by atoms with E-state index in [0.717, 1.165) is 40.1 Å². The Balaban J connectivity index is 1.68. The molecular formula is C26H26ClN3. The Hall–Kier alpha value is -2.62. The molecule has 0 saturated carbocycles. The molecule has 1 aliphatic heterocycles. The number of aromatic amines is 1. The number of nitrogens with one attached hydrogen (secondary N) is 2. The van der Waals surface area contributed by atoms with E-state index in [1.54, 1.807) is 0 Å². The Morgan fingerprint density at radius 2 is 1.83 bits per heavy atom. The fourth-order valence-corrected chi connectivity index (χ4v) is 5.04. The Morgan fingerprint density at radius 3 is 2.63 bits per heavy atom. The van der Waals surface area contributed by atoms with Crippen molar-refractivity contribution in [1.29, 1.82) is 0 Å². The van der Waals surface area contributed by atoms with E-state index in [9.17, 15) is 0 Å². The number of rotatable bonds is 4. The van der Waals surface area contributed by atoms with Gasteiger partial charge in [-0.05, 0) is 55.6 Å². The monoisotopic (exact) mass is 415 g/mol. The molecule has 3 nitrogen and oxygen atoms in total. The van der Waals surface area contributed by atoms with Crippen molar-refractivity contribution in [2.45, 2.75) is 25.7 Å². The van der Waals surface area contributed by atoms with Crippen LogP contribution in [0.25, 0.3) is 33.2 Å². The molecule has 30 heavy (non-hydrogen) atoms. The molecule has 0 spiro atoms. The predicted molar refractivity (Wildman–Crippen MR) is 126 cm³/mol. The van der Waals surface area contributed by atoms with Crippen molar-refractivity contribution in [2.75, 3.05) is 13.1 Å². The van der Waals surface area contributed by atoms with Crippen molar-refractivity contribution < 1.29 is 0 Å². The Morgan fingerprint density at radius 1 is 1.00 bits per heavy atom. The average molecular weight is 416 g/mol. The highest BCUT2D eigenvalue weighted by atomic mass is 35.5. The number of H-pyrrole nitrogens is 1. The minimum Gasteiger partial charge on any atom is -0.358 e.